The Bertz CT molecular complexity index is 1300. The molecule has 3 rings (SSSR count). The second-order valence-corrected chi connectivity index (χ2v) is 9.12. The fraction of sp³-hybridized carbons (Fsp3) is 0.238. The summed E-state index contributed by atoms with van der Waals surface area (Å²) < 4.78 is 37.7. The van der Waals surface area contributed by atoms with Crippen LogP contribution in [0.25, 0.3) is 11.0 Å². The lowest BCUT2D eigenvalue weighted by Gasteiger charge is -2.15. The molecule has 1 heterocycles. The lowest BCUT2D eigenvalue weighted by Crippen LogP contribution is -2.40. The Morgan fingerprint density at radius 3 is 2.37 bits per heavy atom. The number of ether oxygens (including phenoxy) is 1. The number of aryl methyl sites for hydroxylation is 2. The smallest absolute Gasteiger partial charge is 0.339 e. The first-order chi connectivity index (χ1) is 14.0. The topological polar surface area (TPSA) is 103 Å². The summed E-state index contributed by atoms with van der Waals surface area (Å²) in [6.07, 6.45) is 0. The van der Waals surface area contributed by atoms with Crippen molar-refractivity contribution in [2.75, 3.05) is 0 Å². The van der Waals surface area contributed by atoms with Crippen LogP contribution >= 0.6 is 11.6 Å². The number of nitrogens with one attached hydrogen (secondary N) is 1. The summed E-state index contributed by atoms with van der Waals surface area (Å²) in [6, 6.07) is 7.89. The monoisotopic (exact) mass is 449 g/mol. The Kier molecular flexibility index (Phi) is 6.03. The lowest BCUT2D eigenvalue weighted by atomic mass is 10.1. The number of hydrogen-bond donors (Lipinski definition) is 1. The van der Waals surface area contributed by atoms with Gasteiger partial charge < -0.3 is 9.15 Å². The molecule has 158 valence electrons. The summed E-state index contributed by atoms with van der Waals surface area (Å²) in [5.41, 5.74) is 1.79. The van der Waals surface area contributed by atoms with Gasteiger partial charge in [0.1, 0.15) is 11.6 Å². The van der Waals surface area contributed by atoms with Gasteiger partial charge in [0.15, 0.2) is 5.75 Å². The van der Waals surface area contributed by atoms with Crippen LogP contribution in [0.1, 0.15) is 23.6 Å². The van der Waals surface area contributed by atoms with Crippen molar-refractivity contribution in [3.63, 3.8) is 0 Å². The van der Waals surface area contributed by atoms with Gasteiger partial charge in [0.25, 0.3) is 0 Å². The van der Waals surface area contributed by atoms with Crippen molar-refractivity contribution in [1.29, 1.82) is 0 Å². The van der Waals surface area contributed by atoms with Crippen LogP contribution < -0.4 is 15.1 Å². The minimum atomic E-state index is -3.92. The molecule has 1 aromatic heterocycles. The summed E-state index contributed by atoms with van der Waals surface area (Å²) in [5, 5.41) is 0.741. The van der Waals surface area contributed by atoms with Gasteiger partial charge in [-0.2, -0.15) is 4.72 Å². The molecule has 0 fully saturated rings. The van der Waals surface area contributed by atoms with Crippen molar-refractivity contribution in [2.45, 2.75) is 38.6 Å². The van der Waals surface area contributed by atoms with E-state index in [0.29, 0.717) is 16.5 Å². The quantitative estimate of drug-likeness (QED) is 0.362. The normalized spacial score (nSPS) is 12.7. The van der Waals surface area contributed by atoms with E-state index < -0.39 is 27.7 Å². The molecular weight excluding hydrogens is 430 g/mol. The van der Waals surface area contributed by atoms with Gasteiger partial charge in [0.2, 0.25) is 10.0 Å². The molecule has 0 bridgehead atoms. The van der Waals surface area contributed by atoms with Crippen LogP contribution in [0.3, 0.4) is 0 Å². The van der Waals surface area contributed by atoms with E-state index in [1.807, 2.05) is 6.92 Å². The Labute approximate surface area is 178 Å². The third-order valence-electron chi connectivity index (χ3n) is 4.74. The minimum Gasteiger partial charge on any atom is -0.424 e. The zero-order chi connectivity index (χ0) is 22.2. The highest BCUT2D eigenvalue weighted by Gasteiger charge is 2.24. The number of carbonyl (C=O) groups is 1. The Hall–Kier alpha value is -2.68. The van der Waals surface area contributed by atoms with Crippen LogP contribution in [-0.2, 0) is 14.8 Å². The first kappa shape index (κ1) is 22.0. The summed E-state index contributed by atoms with van der Waals surface area (Å²) in [7, 11) is -3.92. The molecule has 0 aliphatic heterocycles. The van der Waals surface area contributed by atoms with E-state index >= 15 is 0 Å². The Balaban J connectivity index is 1.83. The first-order valence-electron chi connectivity index (χ1n) is 9.04. The maximum Gasteiger partial charge on any atom is 0.339 e. The number of rotatable bonds is 5. The highest BCUT2D eigenvalue weighted by atomic mass is 35.5. The maximum absolute atomic E-state index is 12.5. The molecule has 0 unspecified atom stereocenters. The molecule has 30 heavy (non-hydrogen) atoms. The van der Waals surface area contributed by atoms with Crippen molar-refractivity contribution in [1.82, 2.24) is 4.72 Å². The largest absolute Gasteiger partial charge is 0.424 e. The average molecular weight is 450 g/mol. The predicted octanol–water partition coefficient (Wildman–Crippen LogP) is 3.64. The predicted molar refractivity (Wildman–Crippen MR) is 114 cm³/mol. The van der Waals surface area contributed by atoms with Crippen LogP contribution in [0.15, 0.2) is 50.5 Å². The van der Waals surface area contributed by atoms with Crippen LogP contribution in [0.2, 0.25) is 5.02 Å². The van der Waals surface area contributed by atoms with E-state index in [-0.39, 0.29) is 21.3 Å². The van der Waals surface area contributed by atoms with E-state index in [1.54, 1.807) is 26.0 Å². The summed E-state index contributed by atoms with van der Waals surface area (Å²) >= 11 is 6.22. The van der Waals surface area contributed by atoms with E-state index in [2.05, 4.69) is 4.72 Å². The molecule has 0 amide bonds. The van der Waals surface area contributed by atoms with E-state index in [0.717, 1.165) is 5.56 Å². The van der Waals surface area contributed by atoms with Gasteiger partial charge >= 0.3 is 11.6 Å². The van der Waals surface area contributed by atoms with Gasteiger partial charge in [-0.05, 0) is 51.5 Å². The molecule has 0 aliphatic rings. The molecule has 1 atom stereocenters. The molecule has 0 saturated carbocycles. The molecule has 9 heteroatoms. The number of halogens is 1. The zero-order valence-electron chi connectivity index (χ0n) is 16.8. The number of sulfonamides is 1. The van der Waals surface area contributed by atoms with Crippen molar-refractivity contribution < 1.29 is 22.4 Å². The Morgan fingerprint density at radius 2 is 1.73 bits per heavy atom. The molecule has 7 nitrogen and oxygen atoms in total. The summed E-state index contributed by atoms with van der Waals surface area (Å²) in [4.78, 5) is 24.4. The molecule has 1 N–H and O–H groups in total. The molecular formula is C21H20ClNO6S. The van der Waals surface area contributed by atoms with Gasteiger partial charge in [-0.25, -0.2) is 18.0 Å². The molecule has 0 spiro atoms. The number of hydrogen-bond acceptors (Lipinski definition) is 6. The second kappa shape index (κ2) is 8.22. The zero-order valence-corrected chi connectivity index (χ0v) is 18.3. The van der Waals surface area contributed by atoms with Crippen LogP contribution in [0, 0.1) is 20.8 Å². The van der Waals surface area contributed by atoms with Crippen molar-refractivity contribution in [3.05, 3.63) is 68.5 Å². The van der Waals surface area contributed by atoms with Crippen molar-refractivity contribution in [2.24, 2.45) is 0 Å². The highest BCUT2D eigenvalue weighted by molar-refractivity contribution is 7.89. The van der Waals surface area contributed by atoms with Gasteiger partial charge in [0.05, 0.1) is 9.92 Å². The van der Waals surface area contributed by atoms with Gasteiger partial charge in [-0.3, -0.25) is 0 Å². The maximum atomic E-state index is 12.5. The SMILES string of the molecule is Cc1ccc(S(=O)(=O)N[C@@H](C)C(=O)Oc2cc3oc(=O)c(C)c(C)c3cc2Cl)cc1. The standard InChI is InChI=1S/C21H20ClNO6S/c1-11-5-7-15(8-6-11)30(26,27)23-14(4)21(25)29-19-10-18-16(9-17(19)22)12(2)13(3)20(24)28-18/h5-10,14,23H,1-4H3/t14-/m0/s1. The van der Waals surface area contributed by atoms with Crippen LogP contribution in [0.4, 0.5) is 0 Å². The van der Waals surface area contributed by atoms with Crippen LogP contribution in [-0.4, -0.2) is 20.4 Å². The van der Waals surface area contributed by atoms with E-state index in [4.69, 9.17) is 20.8 Å². The lowest BCUT2D eigenvalue weighted by molar-refractivity contribution is -0.135. The number of carbonyl (C=O) groups excluding carboxylic acids is 1. The molecule has 0 aliphatic carbocycles. The average Bonchev–Trinajstić information content (AvgIpc) is 2.67. The minimum absolute atomic E-state index is 0.0316. The number of fused-ring (bicyclic) bond motifs is 1. The molecule has 0 radical (unpaired) electrons. The third kappa shape index (κ3) is 4.40. The van der Waals surface area contributed by atoms with Gasteiger partial charge in [0, 0.05) is 17.0 Å². The fourth-order valence-corrected chi connectivity index (χ4v) is 4.18. The Morgan fingerprint density at radius 1 is 1.10 bits per heavy atom. The highest BCUT2D eigenvalue weighted by Crippen LogP contribution is 2.32. The number of benzene rings is 2. The van der Waals surface area contributed by atoms with Gasteiger partial charge in [-0.1, -0.05) is 29.3 Å². The molecule has 3 aromatic rings. The fourth-order valence-electron chi connectivity index (χ4n) is 2.79. The van der Waals surface area contributed by atoms with Crippen molar-refractivity contribution >= 4 is 38.6 Å². The summed E-state index contributed by atoms with van der Waals surface area (Å²) in [5.74, 6) is -0.903. The first-order valence-corrected chi connectivity index (χ1v) is 10.9. The molecule has 2 aromatic carbocycles. The summed E-state index contributed by atoms with van der Waals surface area (Å²) in [6.45, 7) is 6.60. The van der Waals surface area contributed by atoms with Crippen molar-refractivity contribution in [3.8, 4) is 5.75 Å². The second-order valence-electron chi connectivity index (χ2n) is 7.00. The third-order valence-corrected chi connectivity index (χ3v) is 6.59. The number of esters is 1. The van der Waals surface area contributed by atoms with Gasteiger partial charge in [-0.15, -0.1) is 0 Å². The molecule has 0 saturated heterocycles. The van der Waals surface area contributed by atoms with E-state index in [1.165, 1.54) is 31.2 Å². The van der Waals surface area contributed by atoms with Crippen LogP contribution in [0.5, 0.6) is 5.75 Å². The van der Waals surface area contributed by atoms with E-state index in [9.17, 15) is 18.0 Å².